The van der Waals surface area contributed by atoms with Gasteiger partial charge in [-0.25, -0.2) is 4.98 Å². The molecule has 0 aliphatic rings. The molecule has 0 fully saturated rings. The number of carbonyl (C=O) groups is 2. The van der Waals surface area contributed by atoms with Gasteiger partial charge >= 0.3 is 0 Å². The number of benzene rings is 1. The number of nitrogens with one attached hydrogen (secondary N) is 2. The smallest absolute Gasteiger partial charge is 0.265 e. The number of nitrogens with two attached hydrogens (primary N) is 1. The third-order valence-electron chi connectivity index (χ3n) is 4.61. The predicted molar refractivity (Wildman–Crippen MR) is 121 cm³/mol. The van der Waals surface area contributed by atoms with Gasteiger partial charge < -0.3 is 16.0 Å². The van der Waals surface area contributed by atoms with Crippen LogP contribution in [0.3, 0.4) is 0 Å². The minimum Gasteiger partial charge on any atom is -0.364 e. The molecule has 0 unspecified atom stereocenters. The topological polar surface area (TPSA) is 132 Å². The Morgan fingerprint density at radius 1 is 1.26 bits per heavy atom. The highest BCUT2D eigenvalue weighted by Gasteiger charge is 2.14. The zero-order valence-electron chi connectivity index (χ0n) is 16.7. The van der Waals surface area contributed by atoms with E-state index in [0.717, 1.165) is 11.3 Å². The summed E-state index contributed by atoms with van der Waals surface area (Å²) < 4.78 is 1.86. The summed E-state index contributed by atoms with van der Waals surface area (Å²) in [6.45, 7) is 4.11. The number of aromatic nitrogens is 5. The van der Waals surface area contributed by atoms with Crippen LogP contribution in [-0.2, 0) is 4.79 Å². The van der Waals surface area contributed by atoms with Gasteiger partial charge in [0.15, 0.2) is 10.3 Å². The third kappa shape index (κ3) is 4.67. The van der Waals surface area contributed by atoms with E-state index in [2.05, 4.69) is 38.5 Å². The van der Waals surface area contributed by atoms with Crippen LogP contribution in [-0.4, -0.2) is 42.3 Å². The Bertz CT molecular complexity index is 1260. The first-order valence-corrected chi connectivity index (χ1v) is 11.1. The first-order valence-electron chi connectivity index (χ1n) is 9.25. The van der Waals surface area contributed by atoms with E-state index in [1.54, 1.807) is 24.0 Å². The van der Waals surface area contributed by atoms with E-state index in [4.69, 9.17) is 5.73 Å². The first kappa shape index (κ1) is 20.8. The van der Waals surface area contributed by atoms with Gasteiger partial charge in [0.05, 0.1) is 11.4 Å². The molecule has 0 aliphatic carbocycles. The molecule has 0 saturated heterocycles. The number of nitrogens with zero attached hydrogens (tertiary/aromatic N) is 4. The second-order valence-electron chi connectivity index (χ2n) is 6.79. The molecule has 4 rings (SSSR count). The fourth-order valence-electron chi connectivity index (χ4n) is 2.81. The van der Waals surface area contributed by atoms with Crippen LogP contribution < -0.4 is 11.1 Å². The van der Waals surface area contributed by atoms with Crippen LogP contribution in [0.1, 0.15) is 21.6 Å². The molecule has 0 aliphatic heterocycles. The number of hydrogen-bond acceptors (Lipinski definition) is 7. The van der Waals surface area contributed by atoms with Crippen molar-refractivity contribution in [2.45, 2.75) is 19.0 Å². The average Bonchev–Trinajstić information content (AvgIpc) is 3.48. The highest BCUT2D eigenvalue weighted by atomic mass is 32.2. The SMILES string of the molecule is Cc1ccc(-n2cnnc2SCC(=O)Nc2nc(-c3c[nH]c(C(N)=O)c3)cs2)cc1C. The van der Waals surface area contributed by atoms with E-state index >= 15 is 0 Å². The molecule has 4 N–H and O–H groups in total. The van der Waals surface area contributed by atoms with Crippen LogP contribution in [0.4, 0.5) is 5.13 Å². The summed E-state index contributed by atoms with van der Waals surface area (Å²) in [5.74, 6) is -0.581. The monoisotopic (exact) mass is 453 g/mol. The normalized spacial score (nSPS) is 10.9. The van der Waals surface area contributed by atoms with Gasteiger partial charge in [-0.15, -0.1) is 21.5 Å². The molecule has 0 radical (unpaired) electrons. The Kier molecular flexibility index (Phi) is 5.87. The number of thiazole rings is 1. The summed E-state index contributed by atoms with van der Waals surface area (Å²) in [5.41, 5.74) is 10.2. The number of aromatic amines is 1. The van der Waals surface area contributed by atoms with Crippen molar-refractivity contribution in [1.29, 1.82) is 0 Å². The van der Waals surface area contributed by atoms with Crippen LogP contribution in [0.15, 0.2) is 47.3 Å². The van der Waals surface area contributed by atoms with Gasteiger partial charge in [0.25, 0.3) is 5.91 Å². The molecular formula is C20H19N7O2S2. The Balaban J connectivity index is 1.38. The highest BCUT2D eigenvalue weighted by molar-refractivity contribution is 7.99. The Labute approximate surface area is 186 Å². The second kappa shape index (κ2) is 8.74. The predicted octanol–water partition coefficient (Wildman–Crippen LogP) is 3.17. The Hall–Kier alpha value is -3.44. The van der Waals surface area contributed by atoms with Gasteiger partial charge in [0.2, 0.25) is 5.91 Å². The average molecular weight is 454 g/mol. The van der Waals surface area contributed by atoms with Crippen molar-refractivity contribution in [3.05, 3.63) is 59.0 Å². The van der Waals surface area contributed by atoms with E-state index in [-0.39, 0.29) is 11.7 Å². The number of anilines is 1. The zero-order chi connectivity index (χ0) is 22.0. The molecule has 0 spiro atoms. The number of hydrogen-bond donors (Lipinski definition) is 3. The number of primary amides is 1. The molecule has 158 valence electrons. The Morgan fingerprint density at radius 2 is 2.10 bits per heavy atom. The summed E-state index contributed by atoms with van der Waals surface area (Å²) in [5, 5.41) is 13.8. The van der Waals surface area contributed by atoms with E-state index in [0.29, 0.717) is 21.7 Å². The number of rotatable bonds is 7. The standard InChI is InChI=1S/C20H19N7O2S2/c1-11-3-4-14(5-12(11)2)27-10-23-26-20(27)31-9-17(28)25-19-24-16(8-30-19)13-6-15(18(21)29)22-7-13/h3-8,10,22H,9H2,1-2H3,(H2,21,29)(H,24,25,28). The van der Waals surface area contributed by atoms with Crippen molar-refractivity contribution in [2.24, 2.45) is 5.73 Å². The number of amides is 2. The van der Waals surface area contributed by atoms with Gasteiger partial charge in [-0.3, -0.25) is 14.2 Å². The van der Waals surface area contributed by atoms with E-state index in [1.807, 2.05) is 23.6 Å². The van der Waals surface area contributed by atoms with Gasteiger partial charge in [0, 0.05) is 22.8 Å². The van der Waals surface area contributed by atoms with E-state index in [1.165, 1.54) is 34.2 Å². The molecule has 11 heteroatoms. The maximum absolute atomic E-state index is 12.4. The molecule has 4 aromatic rings. The molecule has 0 atom stereocenters. The number of thioether (sulfide) groups is 1. The highest BCUT2D eigenvalue weighted by Crippen LogP contribution is 2.26. The van der Waals surface area contributed by atoms with Crippen LogP contribution in [0.25, 0.3) is 16.9 Å². The number of aryl methyl sites for hydroxylation is 2. The van der Waals surface area contributed by atoms with Crippen molar-refractivity contribution >= 4 is 40.0 Å². The van der Waals surface area contributed by atoms with Crippen molar-refractivity contribution in [3.8, 4) is 16.9 Å². The lowest BCUT2D eigenvalue weighted by Crippen LogP contribution is -2.14. The molecule has 1 aromatic carbocycles. The summed E-state index contributed by atoms with van der Waals surface area (Å²) in [7, 11) is 0. The maximum atomic E-state index is 12.4. The van der Waals surface area contributed by atoms with Crippen LogP contribution >= 0.6 is 23.1 Å². The van der Waals surface area contributed by atoms with Gasteiger partial charge in [-0.2, -0.15) is 0 Å². The van der Waals surface area contributed by atoms with E-state index < -0.39 is 5.91 Å². The summed E-state index contributed by atoms with van der Waals surface area (Å²) in [6.07, 6.45) is 3.28. The minimum atomic E-state index is -0.541. The molecular weight excluding hydrogens is 434 g/mol. The lowest BCUT2D eigenvalue weighted by atomic mass is 10.1. The molecule has 9 nitrogen and oxygen atoms in total. The van der Waals surface area contributed by atoms with Crippen LogP contribution in [0, 0.1) is 13.8 Å². The van der Waals surface area contributed by atoms with Gasteiger partial charge in [0.1, 0.15) is 12.0 Å². The molecule has 0 bridgehead atoms. The molecule has 2 amide bonds. The third-order valence-corrected chi connectivity index (χ3v) is 6.31. The number of H-pyrrole nitrogens is 1. The summed E-state index contributed by atoms with van der Waals surface area (Å²) in [4.78, 5) is 30.8. The number of carbonyl (C=O) groups excluding carboxylic acids is 2. The van der Waals surface area contributed by atoms with Crippen molar-refractivity contribution in [2.75, 3.05) is 11.1 Å². The van der Waals surface area contributed by atoms with Crippen molar-refractivity contribution in [1.82, 2.24) is 24.7 Å². The van der Waals surface area contributed by atoms with E-state index in [9.17, 15) is 9.59 Å². The lowest BCUT2D eigenvalue weighted by Gasteiger charge is -2.08. The molecule has 3 aromatic heterocycles. The second-order valence-corrected chi connectivity index (χ2v) is 8.59. The van der Waals surface area contributed by atoms with Crippen LogP contribution in [0.5, 0.6) is 0 Å². The molecule has 0 saturated carbocycles. The first-order chi connectivity index (χ1) is 14.9. The molecule has 3 heterocycles. The van der Waals surface area contributed by atoms with Crippen molar-refractivity contribution in [3.63, 3.8) is 0 Å². The quantitative estimate of drug-likeness (QED) is 0.368. The summed E-state index contributed by atoms with van der Waals surface area (Å²) >= 11 is 2.59. The fourth-order valence-corrected chi connectivity index (χ4v) is 4.27. The fraction of sp³-hybridized carbons (Fsp3) is 0.150. The summed E-state index contributed by atoms with van der Waals surface area (Å²) in [6, 6.07) is 7.73. The Morgan fingerprint density at radius 3 is 2.84 bits per heavy atom. The zero-order valence-corrected chi connectivity index (χ0v) is 18.4. The molecule has 31 heavy (non-hydrogen) atoms. The van der Waals surface area contributed by atoms with Gasteiger partial charge in [-0.05, 0) is 43.2 Å². The van der Waals surface area contributed by atoms with Crippen molar-refractivity contribution < 1.29 is 9.59 Å². The lowest BCUT2D eigenvalue weighted by molar-refractivity contribution is -0.113. The largest absolute Gasteiger partial charge is 0.364 e. The maximum Gasteiger partial charge on any atom is 0.265 e. The van der Waals surface area contributed by atoms with Crippen LogP contribution in [0.2, 0.25) is 0 Å². The van der Waals surface area contributed by atoms with Gasteiger partial charge in [-0.1, -0.05) is 17.8 Å². The minimum absolute atomic E-state index is 0.161.